The first-order chi connectivity index (χ1) is 11.7. The molecule has 0 aromatic heterocycles. The van der Waals surface area contributed by atoms with E-state index in [-0.39, 0.29) is 11.9 Å². The molecular formula is C17H22N2O5S. The molecule has 8 heteroatoms. The number of sulfonamides is 1. The van der Waals surface area contributed by atoms with Gasteiger partial charge in [0.25, 0.3) is 5.91 Å². The second kappa shape index (κ2) is 6.33. The van der Waals surface area contributed by atoms with Gasteiger partial charge in [0, 0.05) is 18.2 Å². The predicted molar refractivity (Wildman–Crippen MR) is 93.0 cm³/mol. The van der Waals surface area contributed by atoms with Crippen molar-refractivity contribution < 1.29 is 22.7 Å². The molecule has 0 unspecified atom stereocenters. The fourth-order valence-electron chi connectivity index (χ4n) is 3.80. The third-order valence-electron chi connectivity index (χ3n) is 4.82. The average molecular weight is 366 g/mol. The van der Waals surface area contributed by atoms with Crippen LogP contribution in [0.4, 0.5) is 5.69 Å². The largest absolute Gasteiger partial charge is 0.467 e. The summed E-state index contributed by atoms with van der Waals surface area (Å²) in [5.74, 6) is -0.620. The summed E-state index contributed by atoms with van der Waals surface area (Å²) in [7, 11) is -2.04. The number of carbonyl (C=O) groups excluding carboxylic acids is 2. The van der Waals surface area contributed by atoms with E-state index in [4.69, 9.17) is 4.74 Å². The SMILES string of the molecule is COC(=O)[C@@H]1CCCN1C(=O)c1ccc2c(c1)C[C@@H](C)N2S(C)(=O)=O. The van der Waals surface area contributed by atoms with Gasteiger partial charge >= 0.3 is 5.97 Å². The van der Waals surface area contributed by atoms with Crippen LogP contribution in [0.25, 0.3) is 0 Å². The Hall–Kier alpha value is -2.09. The van der Waals surface area contributed by atoms with Crippen molar-refractivity contribution in [2.75, 3.05) is 24.2 Å². The normalized spacial score (nSPS) is 22.8. The highest BCUT2D eigenvalue weighted by Crippen LogP contribution is 2.35. The van der Waals surface area contributed by atoms with Gasteiger partial charge < -0.3 is 9.64 Å². The Labute approximate surface area is 147 Å². The number of nitrogens with zero attached hydrogens (tertiary/aromatic N) is 2. The van der Waals surface area contributed by atoms with Crippen molar-refractivity contribution in [2.24, 2.45) is 0 Å². The van der Waals surface area contributed by atoms with Crippen molar-refractivity contribution in [1.82, 2.24) is 4.90 Å². The van der Waals surface area contributed by atoms with Gasteiger partial charge in [0.2, 0.25) is 10.0 Å². The summed E-state index contributed by atoms with van der Waals surface area (Å²) in [5, 5.41) is 0. The van der Waals surface area contributed by atoms with E-state index >= 15 is 0 Å². The number of benzene rings is 1. The summed E-state index contributed by atoms with van der Waals surface area (Å²) in [4.78, 5) is 26.2. The highest BCUT2D eigenvalue weighted by atomic mass is 32.2. The van der Waals surface area contributed by atoms with Crippen molar-refractivity contribution in [3.05, 3.63) is 29.3 Å². The van der Waals surface area contributed by atoms with Crippen LogP contribution in [0.3, 0.4) is 0 Å². The van der Waals surface area contributed by atoms with Crippen LogP contribution in [0.15, 0.2) is 18.2 Å². The number of ether oxygens (including phenoxy) is 1. The first-order valence-corrected chi connectivity index (χ1v) is 10.1. The fraction of sp³-hybridized carbons (Fsp3) is 0.529. The van der Waals surface area contributed by atoms with E-state index in [0.29, 0.717) is 30.6 Å². The summed E-state index contributed by atoms with van der Waals surface area (Å²) in [6.45, 7) is 2.36. The van der Waals surface area contributed by atoms with Crippen molar-refractivity contribution in [3.63, 3.8) is 0 Å². The van der Waals surface area contributed by atoms with Crippen LogP contribution < -0.4 is 4.31 Å². The smallest absolute Gasteiger partial charge is 0.328 e. The van der Waals surface area contributed by atoms with Gasteiger partial charge in [0.15, 0.2) is 0 Å². The molecule has 0 N–H and O–H groups in total. The maximum absolute atomic E-state index is 12.8. The molecule has 136 valence electrons. The third kappa shape index (κ3) is 3.10. The van der Waals surface area contributed by atoms with Gasteiger partial charge in [-0.2, -0.15) is 0 Å². The van der Waals surface area contributed by atoms with Gasteiger partial charge in [0.05, 0.1) is 19.1 Å². The summed E-state index contributed by atoms with van der Waals surface area (Å²) in [6.07, 6.45) is 3.10. The minimum absolute atomic E-state index is 0.176. The molecule has 25 heavy (non-hydrogen) atoms. The number of hydrogen-bond acceptors (Lipinski definition) is 5. The number of carbonyl (C=O) groups is 2. The number of methoxy groups -OCH3 is 1. The maximum Gasteiger partial charge on any atom is 0.328 e. The first kappa shape index (κ1) is 17.7. The van der Waals surface area contributed by atoms with Crippen LogP contribution in [0, 0.1) is 0 Å². The van der Waals surface area contributed by atoms with E-state index in [1.54, 1.807) is 23.1 Å². The van der Waals surface area contributed by atoms with E-state index in [1.807, 2.05) is 6.92 Å². The van der Waals surface area contributed by atoms with E-state index < -0.39 is 22.0 Å². The van der Waals surface area contributed by atoms with Crippen LogP contribution in [0.2, 0.25) is 0 Å². The Kier molecular flexibility index (Phi) is 4.49. The summed E-state index contributed by atoms with van der Waals surface area (Å²) in [5.41, 5.74) is 1.92. The Morgan fingerprint density at radius 2 is 2.00 bits per heavy atom. The number of esters is 1. The quantitative estimate of drug-likeness (QED) is 0.750. The summed E-state index contributed by atoms with van der Waals surface area (Å²) < 4.78 is 30.1. The molecule has 0 radical (unpaired) electrons. The maximum atomic E-state index is 12.8. The molecular weight excluding hydrogens is 344 g/mol. The lowest BCUT2D eigenvalue weighted by atomic mass is 10.1. The molecule has 1 amide bonds. The number of hydrogen-bond donors (Lipinski definition) is 0. The molecule has 7 nitrogen and oxygen atoms in total. The number of likely N-dealkylation sites (tertiary alicyclic amines) is 1. The van der Waals surface area contributed by atoms with E-state index in [9.17, 15) is 18.0 Å². The number of fused-ring (bicyclic) bond motifs is 1. The Morgan fingerprint density at radius 3 is 2.64 bits per heavy atom. The monoisotopic (exact) mass is 366 g/mol. The van der Waals surface area contributed by atoms with Crippen molar-refractivity contribution in [3.8, 4) is 0 Å². The summed E-state index contributed by atoms with van der Waals surface area (Å²) >= 11 is 0. The van der Waals surface area contributed by atoms with Gasteiger partial charge in [-0.3, -0.25) is 9.10 Å². The van der Waals surface area contributed by atoms with E-state index in [2.05, 4.69) is 0 Å². The minimum atomic E-state index is -3.36. The zero-order valence-electron chi connectivity index (χ0n) is 14.6. The molecule has 1 fully saturated rings. The Morgan fingerprint density at radius 1 is 1.28 bits per heavy atom. The number of rotatable bonds is 3. The molecule has 0 bridgehead atoms. The number of anilines is 1. The van der Waals surface area contributed by atoms with Crippen molar-refractivity contribution in [1.29, 1.82) is 0 Å². The Balaban J connectivity index is 1.90. The lowest BCUT2D eigenvalue weighted by Crippen LogP contribution is -2.41. The molecule has 2 atom stereocenters. The van der Waals surface area contributed by atoms with Crippen LogP contribution >= 0.6 is 0 Å². The molecule has 2 aliphatic rings. The van der Waals surface area contributed by atoms with Crippen molar-refractivity contribution in [2.45, 2.75) is 38.3 Å². The Bertz CT molecular complexity index is 820. The molecule has 0 aliphatic carbocycles. The molecule has 1 saturated heterocycles. The van der Waals surface area contributed by atoms with Gasteiger partial charge in [-0.15, -0.1) is 0 Å². The van der Waals surface area contributed by atoms with Gasteiger partial charge in [-0.1, -0.05) is 0 Å². The topological polar surface area (TPSA) is 84.0 Å². The highest BCUT2D eigenvalue weighted by molar-refractivity contribution is 7.92. The number of amides is 1. The lowest BCUT2D eigenvalue weighted by Gasteiger charge is -2.23. The van der Waals surface area contributed by atoms with Crippen LogP contribution in [-0.2, 0) is 26.0 Å². The fourth-order valence-corrected chi connectivity index (χ4v) is 5.06. The molecule has 1 aromatic rings. The molecule has 3 rings (SSSR count). The first-order valence-electron chi connectivity index (χ1n) is 8.25. The van der Waals surface area contributed by atoms with Gasteiger partial charge in [0.1, 0.15) is 6.04 Å². The molecule has 0 saturated carbocycles. The van der Waals surface area contributed by atoms with Crippen LogP contribution in [-0.4, -0.2) is 57.2 Å². The lowest BCUT2D eigenvalue weighted by molar-refractivity contribution is -0.145. The highest BCUT2D eigenvalue weighted by Gasteiger charge is 2.37. The molecule has 1 aromatic carbocycles. The van der Waals surface area contributed by atoms with E-state index in [1.165, 1.54) is 17.7 Å². The second-order valence-electron chi connectivity index (χ2n) is 6.64. The van der Waals surface area contributed by atoms with Gasteiger partial charge in [-0.25, -0.2) is 13.2 Å². The minimum Gasteiger partial charge on any atom is -0.467 e. The van der Waals surface area contributed by atoms with Crippen LogP contribution in [0.5, 0.6) is 0 Å². The molecule has 2 aliphatic heterocycles. The molecule has 0 spiro atoms. The van der Waals surface area contributed by atoms with Gasteiger partial charge in [-0.05, 0) is 49.9 Å². The summed E-state index contributed by atoms with van der Waals surface area (Å²) in [6, 6.07) is 4.33. The third-order valence-corrected chi connectivity index (χ3v) is 6.09. The molecule has 2 heterocycles. The predicted octanol–water partition coefficient (Wildman–Crippen LogP) is 1.17. The zero-order valence-corrected chi connectivity index (χ0v) is 15.4. The standard InChI is InChI=1S/C17H22N2O5S/c1-11-9-13-10-12(6-7-14(13)19(11)25(3,22)23)16(20)18-8-4-5-15(18)17(21)24-2/h6-7,10-11,15H,4-5,8-9H2,1-3H3/t11-,15+/m1/s1. The van der Waals surface area contributed by atoms with Crippen molar-refractivity contribution >= 4 is 27.6 Å². The second-order valence-corrected chi connectivity index (χ2v) is 8.49. The van der Waals surface area contributed by atoms with E-state index in [0.717, 1.165) is 12.0 Å². The average Bonchev–Trinajstić information content (AvgIpc) is 3.15. The van der Waals surface area contributed by atoms with Crippen LogP contribution in [0.1, 0.15) is 35.7 Å². The zero-order chi connectivity index (χ0) is 18.4.